The smallest absolute Gasteiger partial charge is 0.419 e. The molecule has 0 radical (unpaired) electrons. The molecule has 2 aromatic rings. The lowest BCUT2D eigenvalue weighted by atomic mass is 10.0. The van der Waals surface area contributed by atoms with Gasteiger partial charge in [0.25, 0.3) is 0 Å². The molecule has 1 aliphatic rings. The maximum atomic E-state index is 13.2. The van der Waals surface area contributed by atoms with Gasteiger partial charge in [-0.25, -0.2) is 4.79 Å². The number of ether oxygens (including phenoxy) is 1. The van der Waals surface area contributed by atoms with Crippen LogP contribution in [0.1, 0.15) is 36.4 Å². The van der Waals surface area contributed by atoms with Crippen LogP contribution in [0.4, 0.5) is 18.0 Å². The molecule has 1 saturated heterocycles. The van der Waals surface area contributed by atoms with Crippen molar-refractivity contribution in [3.8, 4) is 5.75 Å². The minimum absolute atomic E-state index is 0.0371. The Hall–Kier alpha value is -3.23. The van der Waals surface area contributed by atoms with Crippen molar-refractivity contribution >= 4 is 11.9 Å². The Labute approximate surface area is 178 Å². The number of primary amides is 1. The fourth-order valence-electron chi connectivity index (χ4n) is 3.62. The molecule has 0 spiro atoms. The molecule has 6 nitrogen and oxygen atoms in total. The largest absolute Gasteiger partial charge is 0.490 e. The molecule has 3 amide bonds. The Balaban J connectivity index is 1.58. The Kier molecular flexibility index (Phi) is 7.04. The van der Waals surface area contributed by atoms with E-state index in [1.54, 1.807) is 29.2 Å². The number of rotatable bonds is 6. The van der Waals surface area contributed by atoms with Crippen molar-refractivity contribution in [2.24, 2.45) is 5.73 Å². The van der Waals surface area contributed by atoms with Gasteiger partial charge in [-0.3, -0.25) is 4.79 Å². The average Bonchev–Trinajstić information content (AvgIpc) is 2.74. The minimum atomic E-state index is -4.49. The van der Waals surface area contributed by atoms with E-state index in [2.05, 4.69) is 5.32 Å². The van der Waals surface area contributed by atoms with E-state index in [4.69, 9.17) is 10.5 Å². The summed E-state index contributed by atoms with van der Waals surface area (Å²) in [7, 11) is 0. The fourth-order valence-corrected chi connectivity index (χ4v) is 3.62. The second kappa shape index (κ2) is 9.72. The number of hydrogen-bond acceptors (Lipinski definition) is 3. The normalized spacial score (nSPS) is 15.9. The lowest BCUT2D eigenvalue weighted by molar-refractivity contribution is -0.139. The van der Waals surface area contributed by atoms with Crippen LogP contribution in [0.25, 0.3) is 0 Å². The molecule has 1 fully saturated rings. The van der Waals surface area contributed by atoms with Gasteiger partial charge >= 0.3 is 12.2 Å². The summed E-state index contributed by atoms with van der Waals surface area (Å²) in [4.78, 5) is 25.7. The number of hydrogen-bond donors (Lipinski definition) is 2. The van der Waals surface area contributed by atoms with Gasteiger partial charge in [0.05, 0.1) is 18.0 Å². The molecule has 9 heteroatoms. The molecule has 0 aliphatic carbocycles. The number of benzene rings is 2. The summed E-state index contributed by atoms with van der Waals surface area (Å²) in [6.07, 6.45) is -4.04. The van der Waals surface area contributed by atoms with Crippen molar-refractivity contribution in [1.82, 2.24) is 10.2 Å². The third-order valence-corrected chi connectivity index (χ3v) is 5.18. The first-order chi connectivity index (χ1) is 14.7. The number of halogens is 3. The van der Waals surface area contributed by atoms with Crippen molar-refractivity contribution in [3.05, 3.63) is 65.7 Å². The van der Waals surface area contributed by atoms with E-state index >= 15 is 0 Å². The zero-order chi connectivity index (χ0) is 22.4. The van der Waals surface area contributed by atoms with Crippen molar-refractivity contribution in [2.75, 3.05) is 13.1 Å². The van der Waals surface area contributed by atoms with Crippen LogP contribution in [0.5, 0.6) is 5.75 Å². The number of nitrogens with two attached hydrogens (primary N) is 1. The van der Waals surface area contributed by atoms with Gasteiger partial charge in [-0.1, -0.05) is 42.5 Å². The third kappa shape index (κ3) is 6.13. The molecule has 31 heavy (non-hydrogen) atoms. The number of para-hydroxylation sites is 1. The molecule has 1 unspecified atom stereocenters. The number of carbonyl (C=O) groups excluding carboxylic acids is 2. The number of likely N-dealkylation sites (tertiary alicyclic amines) is 1. The minimum Gasteiger partial charge on any atom is -0.490 e. The van der Waals surface area contributed by atoms with Crippen LogP contribution in [0.15, 0.2) is 54.6 Å². The molecule has 1 aliphatic heterocycles. The van der Waals surface area contributed by atoms with Crippen molar-refractivity contribution < 1.29 is 27.5 Å². The maximum absolute atomic E-state index is 13.2. The zero-order valence-electron chi connectivity index (χ0n) is 16.8. The van der Waals surface area contributed by atoms with E-state index in [-0.39, 0.29) is 18.1 Å². The zero-order valence-corrected chi connectivity index (χ0v) is 16.8. The highest BCUT2D eigenvalue weighted by Crippen LogP contribution is 2.37. The van der Waals surface area contributed by atoms with E-state index < -0.39 is 29.9 Å². The second-order valence-electron chi connectivity index (χ2n) is 7.37. The van der Waals surface area contributed by atoms with E-state index in [1.165, 1.54) is 18.2 Å². The van der Waals surface area contributed by atoms with Crippen LogP contribution in [0.2, 0.25) is 0 Å². The van der Waals surface area contributed by atoms with Crippen molar-refractivity contribution in [1.29, 1.82) is 0 Å². The molecule has 3 N–H and O–H groups in total. The number of amides is 3. The topological polar surface area (TPSA) is 84.7 Å². The van der Waals surface area contributed by atoms with Crippen LogP contribution in [0.3, 0.4) is 0 Å². The molecule has 2 aromatic carbocycles. The summed E-state index contributed by atoms with van der Waals surface area (Å²) in [5, 5.41) is 2.59. The lowest BCUT2D eigenvalue weighted by Crippen LogP contribution is -2.44. The van der Waals surface area contributed by atoms with Crippen LogP contribution < -0.4 is 15.8 Å². The highest BCUT2D eigenvalue weighted by atomic mass is 19.4. The van der Waals surface area contributed by atoms with Crippen LogP contribution in [-0.4, -0.2) is 36.0 Å². The summed E-state index contributed by atoms with van der Waals surface area (Å²) in [5.41, 5.74) is 5.20. The summed E-state index contributed by atoms with van der Waals surface area (Å²) >= 11 is 0. The number of alkyl halides is 3. The van der Waals surface area contributed by atoms with Gasteiger partial charge in [-0.15, -0.1) is 0 Å². The third-order valence-electron chi connectivity index (χ3n) is 5.18. The Morgan fingerprint density at radius 2 is 1.68 bits per heavy atom. The molecule has 166 valence electrons. The van der Waals surface area contributed by atoms with Gasteiger partial charge in [-0.2, -0.15) is 13.2 Å². The van der Waals surface area contributed by atoms with Crippen LogP contribution >= 0.6 is 0 Å². The van der Waals surface area contributed by atoms with E-state index in [0.29, 0.717) is 25.9 Å². The first-order valence-corrected chi connectivity index (χ1v) is 9.95. The van der Waals surface area contributed by atoms with Gasteiger partial charge < -0.3 is 20.7 Å². The number of urea groups is 1. The molecular weight excluding hydrogens is 411 g/mol. The average molecular weight is 435 g/mol. The van der Waals surface area contributed by atoms with Gasteiger partial charge in [0.2, 0.25) is 5.91 Å². The Bertz CT molecular complexity index is 898. The summed E-state index contributed by atoms with van der Waals surface area (Å²) in [6, 6.07) is 12.9. The summed E-state index contributed by atoms with van der Waals surface area (Å²) < 4.78 is 45.1. The van der Waals surface area contributed by atoms with Gasteiger partial charge in [0.15, 0.2) is 0 Å². The van der Waals surface area contributed by atoms with Gasteiger partial charge in [0, 0.05) is 25.9 Å². The highest BCUT2D eigenvalue weighted by molar-refractivity contribution is 5.79. The molecule has 1 heterocycles. The summed E-state index contributed by atoms with van der Waals surface area (Å²) in [5.74, 6) is -0.369. The monoisotopic (exact) mass is 435 g/mol. The Morgan fingerprint density at radius 3 is 2.29 bits per heavy atom. The number of carbonyl (C=O) groups is 2. The maximum Gasteiger partial charge on any atom is 0.419 e. The number of nitrogens with zero attached hydrogens (tertiary/aromatic N) is 1. The molecule has 1 atom stereocenters. The van der Waals surface area contributed by atoms with E-state index in [0.717, 1.165) is 11.6 Å². The molecule has 0 aromatic heterocycles. The Morgan fingerprint density at radius 1 is 1.06 bits per heavy atom. The fraction of sp³-hybridized carbons (Fsp3) is 0.364. The highest BCUT2D eigenvalue weighted by Gasteiger charge is 2.35. The standard InChI is InChI=1S/C22H24F3N3O3/c23-22(24,25)17-8-4-5-9-19(17)31-16-10-12-28(13-11-16)20(29)14-18(27-21(26)30)15-6-2-1-3-7-15/h1-9,16,18H,10-14H2,(H3,26,27,30). The summed E-state index contributed by atoms with van der Waals surface area (Å²) in [6.45, 7) is 0.714. The predicted molar refractivity (Wildman–Crippen MR) is 108 cm³/mol. The van der Waals surface area contributed by atoms with Crippen molar-refractivity contribution in [3.63, 3.8) is 0 Å². The number of nitrogens with one attached hydrogen (secondary N) is 1. The van der Waals surface area contributed by atoms with E-state index in [9.17, 15) is 22.8 Å². The number of piperidine rings is 1. The molecule has 0 bridgehead atoms. The molecule has 0 saturated carbocycles. The predicted octanol–water partition coefficient (Wildman–Crippen LogP) is 3.87. The second-order valence-corrected chi connectivity index (χ2v) is 7.37. The van der Waals surface area contributed by atoms with E-state index in [1.807, 2.05) is 6.07 Å². The van der Waals surface area contributed by atoms with Crippen molar-refractivity contribution in [2.45, 2.75) is 37.6 Å². The first kappa shape index (κ1) is 22.5. The van der Waals surface area contributed by atoms with Crippen LogP contribution in [-0.2, 0) is 11.0 Å². The van der Waals surface area contributed by atoms with Gasteiger partial charge in [-0.05, 0) is 17.7 Å². The molecule has 3 rings (SSSR count). The first-order valence-electron chi connectivity index (χ1n) is 9.95. The van der Waals surface area contributed by atoms with Gasteiger partial charge in [0.1, 0.15) is 11.9 Å². The SMILES string of the molecule is NC(=O)NC(CC(=O)N1CCC(Oc2ccccc2C(F)(F)F)CC1)c1ccccc1. The molecular formula is C22H24F3N3O3. The van der Waals surface area contributed by atoms with Crippen LogP contribution in [0, 0.1) is 0 Å². The quantitative estimate of drug-likeness (QED) is 0.722. The lowest BCUT2D eigenvalue weighted by Gasteiger charge is -2.33.